The lowest BCUT2D eigenvalue weighted by atomic mass is 10.2. The topological polar surface area (TPSA) is 88.8 Å². The fourth-order valence-electron chi connectivity index (χ4n) is 1.75. The van der Waals surface area contributed by atoms with E-state index < -0.39 is 11.9 Å². The van der Waals surface area contributed by atoms with Crippen molar-refractivity contribution < 1.29 is 23.8 Å². The summed E-state index contributed by atoms with van der Waals surface area (Å²) >= 11 is 0. The van der Waals surface area contributed by atoms with Gasteiger partial charge < -0.3 is 19.6 Å². The van der Waals surface area contributed by atoms with Crippen molar-refractivity contribution in [2.75, 3.05) is 13.2 Å². The van der Waals surface area contributed by atoms with Crippen LogP contribution in [0, 0.1) is 6.92 Å². The number of carboxylic acids is 1. The second kappa shape index (κ2) is 7.31. The number of amides is 1. The van der Waals surface area contributed by atoms with E-state index in [0.29, 0.717) is 19.6 Å². The fraction of sp³-hybridized carbons (Fsp3) is 0.250. The molecule has 22 heavy (non-hydrogen) atoms. The van der Waals surface area contributed by atoms with Gasteiger partial charge in [0.25, 0.3) is 5.91 Å². The van der Waals surface area contributed by atoms with Crippen molar-refractivity contribution >= 4 is 11.9 Å². The molecule has 2 N–H and O–H groups in total. The Morgan fingerprint density at radius 2 is 2.00 bits per heavy atom. The molecule has 1 aromatic heterocycles. The van der Waals surface area contributed by atoms with Gasteiger partial charge in [-0.2, -0.15) is 0 Å². The smallest absolute Gasteiger partial charge is 0.338 e. The number of aromatic carboxylic acids is 1. The van der Waals surface area contributed by atoms with E-state index in [9.17, 15) is 9.59 Å². The molecule has 1 aromatic carbocycles. The van der Waals surface area contributed by atoms with E-state index in [0.717, 1.165) is 12.0 Å². The first-order valence-electron chi connectivity index (χ1n) is 6.86. The van der Waals surface area contributed by atoms with Crippen LogP contribution in [0.5, 0.6) is 5.75 Å². The Morgan fingerprint density at radius 3 is 2.64 bits per heavy atom. The molecule has 0 atom stereocenters. The number of hydrogen-bond donors (Lipinski definition) is 2. The molecule has 1 amide bonds. The Morgan fingerprint density at radius 1 is 1.27 bits per heavy atom. The zero-order valence-electron chi connectivity index (χ0n) is 12.2. The van der Waals surface area contributed by atoms with Gasteiger partial charge in [0, 0.05) is 12.6 Å². The zero-order chi connectivity index (χ0) is 15.9. The third kappa shape index (κ3) is 4.37. The average Bonchev–Trinajstić information content (AvgIpc) is 2.99. The van der Waals surface area contributed by atoms with Crippen LogP contribution in [0.15, 0.2) is 41.0 Å². The largest absolute Gasteiger partial charge is 0.494 e. The molecule has 0 radical (unpaired) electrons. The van der Waals surface area contributed by atoms with Gasteiger partial charge in [-0.25, -0.2) is 4.79 Å². The van der Waals surface area contributed by atoms with Crippen LogP contribution in [0.3, 0.4) is 0 Å². The molecule has 2 rings (SSSR count). The number of rotatable bonds is 7. The van der Waals surface area contributed by atoms with E-state index in [-0.39, 0.29) is 11.3 Å². The number of ether oxygens (including phenoxy) is 1. The first-order valence-corrected chi connectivity index (χ1v) is 6.86. The van der Waals surface area contributed by atoms with E-state index in [2.05, 4.69) is 5.32 Å². The Kier molecular flexibility index (Phi) is 5.19. The predicted molar refractivity (Wildman–Crippen MR) is 79.3 cm³/mol. The molecular weight excluding hydrogens is 286 g/mol. The van der Waals surface area contributed by atoms with Gasteiger partial charge >= 0.3 is 5.97 Å². The Balaban J connectivity index is 1.68. The first kappa shape index (κ1) is 15.6. The number of hydrogen-bond acceptors (Lipinski definition) is 4. The Hall–Kier alpha value is -2.76. The maximum absolute atomic E-state index is 11.7. The molecule has 0 aliphatic heterocycles. The highest BCUT2D eigenvalue weighted by atomic mass is 16.5. The molecule has 1 heterocycles. The highest BCUT2D eigenvalue weighted by Gasteiger charge is 2.13. The van der Waals surface area contributed by atoms with Crippen molar-refractivity contribution in [3.05, 3.63) is 53.5 Å². The van der Waals surface area contributed by atoms with Gasteiger partial charge in [-0.3, -0.25) is 4.79 Å². The van der Waals surface area contributed by atoms with Crippen LogP contribution < -0.4 is 10.1 Å². The standard InChI is InChI=1S/C16H17NO5/c1-11-3-5-13(6-4-11)21-8-2-7-17-15(18)14-9-12(10-22-14)16(19)20/h3-6,9-10H,2,7-8H2,1H3,(H,17,18)(H,19,20). The summed E-state index contributed by atoms with van der Waals surface area (Å²) in [5.41, 5.74) is 1.12. The molecule has 0 aliphatic rings. The number of carboxylic acid groups (broad SMARTS) is 1. The number of aryl methyl sites for hydroxylation is 1. The lowest BCUT2D eigenvalue weighted by molar-refractivity contribution is 0.0695. The fourth-order valence-corrected chi connectivity index (χ4v) is 1.75. The van der Waals surface area contributed by atoms with E-state index in [4.69, 9.17) is 14.3 Å². The summed E-state index contributed by atoms with van der Waals surface area (Å²) in [6.45, 7) is 2.89. The number of furan rings is 1. The highest BCUT2D eigenvalue weighted by Crippen LogP contribution is 2.11. The SMILES string of the molecule is Cc1ccc(OCCCNC(=O)c2cc(C(=O)O)co2)cc1. The van der Waals surface area contributed by atoms with E-state index in [1.54, 1.807) is 0 Å². The van der Waals surface area contributed by atoms with Crippen molar-refractivity contribution in [1.29, 1.82) is 0 Å². The molecule has 0 saturated heterocycles. The minimum absolute atomic E-state index is 0.0168. The van der Waals surface area contributed by atoms with Gasteiger partial charge in [-0.05, 0) is 25.5 Å². The van der Waals surface area contributed by atoms with Crippen molar-refractivity contribution in [3.63, 3.8) is 0 Å². The third-order valence-corrected chi connectivity index (χ3v) is 2.97. The van der Waals surface area contributed by atoms with Crippen molar-refractivity contribution in [1.82, 2.24) is 5.32 Å². The molecule has 0 aliphatic carbocycles. The number of carbonyl (C=O) groups excluding carboxylic acids is 1. The summed E-state index contributed by atoms with van der Waals surface area (Å²) in [7, 11) is 0. The van der Waals surface area contributed by atoms with Gasteiger partial charge in [0.15, 0.2) is 5.76 Å². The average molecular weight is 303 g/mol. The second-order valence-electron chi connectivity index (χ2n) is 4.78. The summed E-state index contributed by atoms with van der Waals surface area (Å²) in [4.78, 5) is 22.4. The van der Waals surface area contributed by atoms with E-state index in [1.165, 1.54) is 11.6 Å². The van der Waals surface area contributed by atoms with Crippen LogP contribution in [-0.2, 0) is 0 Å². The van der Waals surface area contributed by atoms with Gasteiger partial charge in [0.05, 0.1) is 12.2 Å². The first-order chi connectivity index (χ1) is 10.6. The lowest BCUT2D eigenvalue weighted by Crippen LogP contribution is -2.25. The third-order valence-electron chi connectivity index (χ3n) is 2.97. The maximum Gasteiger partial charge on any atom is 0.338 e. The van der Waals surface area contributed by atoms with Gasteiger partial charge in [-0.15, -0.1) is 0 Å². The molecule has 6 nitrogen and oxygen atoms in total. The van der Waals surface area contributed by atoms with Crippen LogP contribution in [0.1, 0.15) is 32.9 Å². The minimum Gasteiger partial charge on any atom is -0.494 e. The van der Waals surface area contributed by atoms with Crippen molar-refractivity contribution in [2.24, 2.45) is 0 Å². The monoisotopic (exact) mass is 303 g/mol. The van der Waals surface area contributed by atoms with Crippen LogP contribution in [0.4, 0.5) is 0 Å². The number of nitrogens with one attached hydrogen (secondary N) is 1. The molecule has 0 saturated carbocycles. The van der Waals surface area contributed by atoms with E-state index in [1.807, 2.05) is 31.2 Å². The molecule has 2 aromatic rings. The normalized spacial score (nSPS) is 10.2. The quantitative estimate of drug-likeness (QED) is 0.767. The van der Waals surface area contributed by atoms with E-state index >= 15 is 0 Å². The zero-order valence-corrected chi connectivity index (χ0v) is 12.2. The summed E-state index contributed by atoms with van der Waals surface area (Å²) < 4.78 is 10.4. The summed E-state index contributed by atoms with van der Waals surface area (Å²) in [5, 5.41) is 11.4. The van der Waals surface area contributed by atoms with Crippen molar-refractivity contribution in [2.45, 2.75) is 13.3 Å². The molecule has 0 fully saturated rings. The predicted octanol–water partition coefficient (Wildman–Crippen LogP) is 2.49. The van der Waals surface area contributed by atoms with Crippen LogP contribution >= 0.6 is 0 Å². The van der Waals surface area contributed by atoms with Gasteiger partial charge in [0.2, 0.25) is 0 Å². The van der Waals surface area contributed by atoms with Gasteiger partial charge in [0.1, 0.15) is 12.0 Å². The molecule has 0 bridgehead atoms. The lowest BCUT2D eigenvalue weighted by Gasteiger charge is -2.07. The molecule has 6 heteroatoms. The Labute approximate surface area is 127 Å². The minimum atomic E-state index is -1.13. The molecule has 0 unspecified atom stereocenters. The summed E-state index contributed by atoms with van der Waals surface area (Å²) in [5.74, 6) is -0.803. The number of benzene rings is 1. The molecule has 0 spiro atoms. The van der Waals surface area contributed by atoms with Gasteiger partial charge in [-0.1, -0.05) is 17.7 Å². The molecule has 116 valence electrons. The summed E-state index contributed by atoms with van der Waals surface area (Å²) in [6, 6.07) is 8.91. The van der Waals surface area contributed by atoms with Crippen LogP contribution in [0.25, 0.3) is 0 Å². The summed E-state index contributed by atoms with van der Waals surface area (Å²) in [6.07, 6.45) is 1.67. The van der Waals surface area contributed by atoms with Crippen molar-refractivity contribution in [3.8, 4) is 5.75 Å². The Bertz CT molecular complexity index is 645. The van der Waals surface area contributed by atoms with Crippen LogP contribution in [-0.4, -0.2) is 30.1 Å². The van der Waals surface area contributed by atoms with Crippen LogP contribution in [0.2, 0.25) is 0 Å². The highest BCUT2D eigenvalue weighted by molar-refractivity contribution is 5.95. The number of carbonyl (C=O) groups is 2. The second-order valence-corrected chi connectivity index (χ2v) is 4.78. The molecular formula is C16H17NO5. The maximum atomic E-state index is 11.7.